The summed E-state index contributed by atoms with van der Waals surface area (Å²) >= 11 is 2.16. The molecule has 0 spiro atoms. The molecule has 0 fully saturated rings. The van der Waals surface area contributed by atoms with E-state index >= 15 is 0 Å². The second kappa shape index (κ2) is 3.32. The van der Waals surface area contributed by atoms with Gasteiger partial charge in [0, 0.05) is 4.43 Å². The Hall–Kier alpha value is -0.120. The molecule has 0 saturated heterocycles. The van der Waals surface area contributed by atoms with Crippen LogP contribution in [-0.2, 0) is 4.43 Å². The lowest BCUT2D eigenvalue weighted by Gasteiger charge is -1.98. The van der Waals surface area contributed by atoms with Crippen molar-refractivity contribution >= 4 is 22.6 Å². The molecule has 0 N–H and O–H groups in total. The summed E-state index contributed by atoms with van der Waals surface area (Å²) in [4.78, 5) is 0. The first kappa shape index (κ1) is 7.98. The third-order valence-corrected chi connectivity index (χ3v) is 2.17. The average Bonchev–Trinajstić information content (AvgIpc) is 1.94. The first-order chi connectivity index (χ1) is 4.74. The lowest BCUT2D eigenvalue weighted by Crippen LogP contribution is -1.85. The molecule has 0 heterocycles. The minimum atomic E-state index is -0.0972. The largest absolute Gasteiger partial charge is 0.207 e. The highest BCUT2D eigenvalue weighted by atomic mass is 127. The van der Waals surface area contributed by atoms with Crippen LogP contribution < -0.4 is 0 Å². The molecule has 0 amide bonds. The predicted molar refractivity (Wildman–Crippen MR) is 48.9 cm³/mol. The fraction of sp³-hybridized carbons (Fsp3) is 0.250. The van der Waals surface area contributed by atoms with E-state index in [1.165, 1.54) is 6.07 Å². The monoisotopic (exact) mass is 250 g/mol. The van der Waals surface area contributed by atoms with Crippen molar-refractivity contribution in [2.24, 2.45) is 0 Å². The van der Waals surface area contributed by atoms with E-state index in [1.54, 1.807) is 6.07 Å². The quantitative estimate of drug-likeness (QED) is 0.530. The van der Waals surface area contributed by atoms with Gasteiger partial charge >= 0.3 is 0 Å². The van der Waals surface area contributed by atoms with Gasteiger partial charge in [-0.1, -0.05) is 40.3 Å². The Morgan fingerprint density at radius 1 is 1.50 bits per heavy atom. The maximum atomic E-state index is 12.8. The molecule has 10 heavy (non-hydrogen) atoms. The molecule has 54 valence electrons. The van der Waals surface area contributed by atoms with E-state index < -0.39 is 0 Å². The maximum absolute atomic E-state index is 12.8. The van der Waals surface area contributed by atoms with Gasteiger partial charge in [-0.05, 0) is 18.6 Å². The third kappa shape index (κ3) is 1.68. The highest BCUT2D eigenvalue weighted by Gasteiger charge is 1.98. The van der Waals surface area contributed by atoms with Crippen molar-refractivity contribution in [2.45, 2.75) is 11.4 Å². The van der Waals surface area contributed by atoms with Gasteiger partial charge in [0.05, 0.1) is 0 Å². The van der Waals surface area contributed by atoms with E-state index in [-0.39, 0.29) is 5.82 Å². The molecule has 0 unspecified atom stereocenters. The van der Waals surface area contributed by atoms with Gasteiger partial charge in [-0.2, -0.15) is 0 Å². The molecule has 1 aromatic rings. The van der Waals surface area contributed by atoms with Crippen molar-refractivity contribution in [1.29, 1.82) is 0 Å². The van der Waals surface area contributed by atoms with Crippen LogP contribution in [0.2, 0.25) is 0 Å². The summed E-state index contributed by atoms with van der Waals surface area (Å²) in [5.41, 5.74) is 1.91. The summed E-state index contributed by atoms with van der Waals surface area (Å²) in [5, 5.41) is 0. The molecule has 1 aromatic carbocycles. The molecular weight excluding hydrogens is 242 g/mol. The topological polar surface area (TPSA) is 0 Å². The predicted octanol–water partition coefficient (Wildman–Crippen LogP) is 3.07. The number of halogens is 2. The molecule has 0 aliphatic rings. The summed E-state index contributed by atoms with van der Waals surface area (Å²) in [5.74, 6) is -0.0972. The highest BCUT2D eigenvalue weighted by Crippen LogP contribution is 2.12. The maximum Gasteiger partial charge on any atom is 0.127 e. The Morgan fingerprint density at radius 3 is 2.70 bits per heavy atom. The Bertz CT molecular complexity index is 233. The van der Waals surface area contributed by atoms with Gasteiger partial charge in [0.2, 0.25) is 0 Å². The molecule has 0 saturated carbocycles. The van der Waals surface area contributed by atoms with Crippen molar-refractivity contribution < 1.29 is 4.39 Å². The van der Waals surface area contributed by atoms with Crippen LogP contribution in [0.4, 0.5) is 4.39 Å². The molecule has 0 aliphatic carbocycles. The smallest absolute Gasteiger partial charge is 0.127 e. The molecule has 1 rings (SSSR count). The van der Waals surface area contributed by atoms with Crippen LogP contribution in [0.25, 0.3) is 0 Å². The molecule has 0 bridgehead atoms. The normalized spacial score (nSPS) is 9.90. The van der Waals surface area contributed by atoms with Gasteiger partial charge in [0.25, 0.3) is 0 Å². The summed E-state index contributed by atoms with van der Waals surface area (Å²) in [6, 6.07) is 5.18. The summed E-state index contributed by atoms with van der Waals surface area (Å²) in [6.45, 7) is 1.97. The Morgan fingerprint density at radius 2 is 2.20 bits per heavy atom. The average molecular weight is 250 g/mol. The number of alkyl halides is 1. The third-order valence-electron chi connectivity index (χ3n) is 1.35. The van der Waals surface area contributed by atoms with Crippen LogP contribution in [0.15, 0.2) is 18.2 Å². The van der Waals surface area contributed by atoms with E-state index in [0.29, 0.717) is 0 Å². The van der Waals surface area contributed by atoms with E-state index in [2.05, 4.69) is 22.6 Å². The Labute approximate surface area is 73.6 Å². The van der Waals surface area contributed by atoms with Crippen molar-refractivity contribution in [3.8, 4) is 0 Å². The molecular formula is C8H8FI. The molecule has 0 radical (unpaired) electrons. The van der Waals surface area contributed by atoms with Crippen LogP contribution in [-0.4, -0.2) is 0 Å². The van der Waals surface area contributed by atoms with Gasteiger partial charge in [0.1, 0.15) is 5.82 Å². The molecule has 0 nitrogen and oxygen atoms in total. The Kier molecular flexibility index (Phi) is 2.65. The molecule has 0 aliphatic heterocycles. The van der Waals surface area contributed by atoms with Crippen LogP contribution in [0, 0.1) is 12.7 Å². The SMILES string of the molecule is Cc1ccc(F)c(CI)c1. The van der Waals surface area contributed by atoms with E-state index in [0.717, 1.165) is 15.6 Å². The first-order valence-corrected chi connectivity index (χ1v) is 4.57. The molecule has 2 heteroatoms. The lowest BCUT2D eigenvalue weighted by molar-refractivity contribution is 0.617. The second-order valence-electron chi connectivity index (χ2n) is 2.23. The van der Waals surface area contributed by atoms with E-state index in [4.69, 9.17) is 0 Å². The van der Waals surface area contributed by atoms with Crippen LogP contribution >= 0.6 is 22.6 Å². The van der Waals surface area contributed by atoms with Gasteiger partial charge in [0.15, 0.2) is 0 Å². The zero-order valence-electron chi connectivity index (χ0n) is 5.70. The van der Waals surface area contributed by atoms with Crippen LogP contribution in [0.5, 0.6) is 0 Å². The van der Waals surface area contributed by atoms with E-state index in [1.807, 2.05) is 13.0 Å². The van der Waals surface area contributed by atoms with Gasteiger partial charge in [-0.15, -0.1) is 0 Å². The first-order valence-electron chi connectivity index (χ1n) is 3.05. The van der Waals surface area contributed by atoms with Gasteiger partial charge in [-0.25, -0.2) is 4.39 Å². The van der Waals surface area contributed by atoms with Gasteiger partial charge in [-0.3, -0.25) is 0 Å². The number of benzene rings is 1. The standard InChI is InChI=1S/C8H8FI/c1-6-2-3-8(9)7(4-6)5-10/h2-4H,5H2,1H3. The van der Waals surface area contributed by atoms with Gasteiger partial charge < -0.3 is 0 Å². The van der Waals surface area contributed by atoms with E-state index in [9.17, 15) is 4.39 Å². The number of hydrogen-bond donors (Lipinski definition) is 0. The highest BCUT2D eigenvalue weighted by molar-refractivity contribution is 14.1. The fourth-order valence-corrected chi connectivity index (χ4v) is 1.39. The fourth-order valence-electron chi connectivity index (χ4n) is 0.806. The lowest BCUT2D eigenvalue weighted by atomic mass is 10.1. The Balaban J connectivity index is 3.09. The van der Waals surface area contributed by atoms with Crippen molar-refractivity contribution in [1.82, 2.24) is 0 Å². The summed E-state index contributed by atoms with van der Waals surface area (Å²) in [7, 11) is 0. The minimum absolute atomic E-state index is 0.0972. The molecule has 0 aromatic heterocycles. The number of hydrogen-bond acceptors (Lipinski definition) is 0. The molecule has 0 atom stereocenters. The number of aryl methyl sites for hydroxylation is 1. The zero-order chi connectivity index (χ0) is 7.56. The second-order valence-corrected chi connectivity index (χ2v) is 2.99. The summed E-state index contributed by atoms with van der Waals surface area (Å²) < 4.78 is 13.5. The number of rotatable bonds is 1. The minimum Gasteiger partial charge on any atom is -0.207 e. The van der Waals surface area contributed by atoms with Crippen molar-refractivity contribution in [3.05, 3.63) is 35.1 Å². The van der Waals surface area contributed by atoms with Crippen LogP contribution in [0.1, 0.15) is 11.1 Å². The van der Waals surface area contributed by atoms with Crippen LogP contribution in [0.3, 0.4) is 0 Å². The summed E-state index contributed by atoms with van der Waals surface area (Å²) in [6.07, 6.45) is 0. The zero-order valence-corrected chi connectivity index (χ0v) is 7.85. The van der Waals surface area contributed by atoms with Crippen molar-refractivity contribution in [2.75, 3.05) is 0 Å². The van der Waals surface area contributed by atoms with Crippen molar-refractivity contribution in [3.63, 3.8) is 0 Å².